The molecular weight excluding hydrogens is 329 g/mol. The van der Waals surface area contributed by atoms with E-state index in [-0.39, 0.29) is 5.82 Å². The largest absolute Gasteiger partial charge is 0.344 e. The van der Waals surface area contributed by atoms with E-state index < -0.39 is 0 Å². The lowest BCUT2D eigenvalue weighted by molar-refractivity contribution is 0.628. The molecular formula is C20H16FN5. The fraction of sp³-hybridized carbons (Fsp3) is 0.100. The summed E-state index contributed by atoms with van der Waals surface area (Å²) in [5.74, 6) is 0.432. The van der Waals surface area contributed by atoms with Crippen LogP contribution in [0.2, 0.25) is 0 Å². The lowest BCUT2D eigenvalue weighted by atomic mass is 10.2. The third kappa shape index (κ3) is 2.38. The first-order chi connectivity index (χ1) is 12.8. The van der Waals surface area contributed by atoms with Gasteiger partial charge in [-0.15, -0.1) is 0 Å². The number of para-hydroxylation sites is 1. The molecule has 2 aromatic heterocycles. The van der Waals surface area contributed by atoms with Crippen LogP contribution < -0.4 is 10.2 Å². The van der Waals surface area contributed by atoms with Crippen LogP contribution in [0.1, 0.15) is 5.56 Å². The number of halogens is 1. The number of fused-ring (bicyclic) bond motifs is 2. The van der Waals surface area contributed by atoms with Gasteiger partial charge >= 0.3 is 0 Å². The number of hydrogen-bond donors (Lipinski definition) is 2. The van der Waals surface area contributed by atoms with Crippen LogP contribution in [-0.2, 0) is 6.42 Å². The summed E-state index contributed by atoms with van der Waals surface area (Å²) >= 11 is 0. The number of benzene rings is 2. The highest BCUT2D eigenvalue weighted by Crippen LogP contribution is 2.40. The third-order valence-corrected chi connectivity index (χ3v) is 4.73. The number of nitrogens with one attached hydrogen (secondary N) is 2. The molecule has 2 N–H and O–H groups in total. The summed E-state index contributed by atoms with van der Waals surface area (Å²) in [5, 5.41) is 4.21. The van der Waals surface area contributed by atoms with Gasteiger partial charge in [-0.05, 0) is 42.3 Å². The molecule has 1 aliphatic rings. The Morgan fingerprint density at radius 1 is 1.00 bits per heavy atom. The smallest absolute Gasteiger partial charge is 0.145 e. The fourth-order valence-corrected chi connectivity index (χ4v) is 3.51. The molecule has 0 fully saturated rings. The number of aromatic nitrogens is 3. The van der Waals surface area contributed by atoms with E-state index in [1.807, 2.05) is 6.20 Å². The molecule has 0 unspecified atom stereocenters. The SMILES string of the molecule is Fc1ccc(Nc2ncnc3[nH]cc(N4CCc5ccccc54)c23)cc1. The number of rotatable bonds is 3. The lowest BCUT2D eigenvalue weighted by Gasteiger charge is -2.19. The number of aromatic amines is 1. The molecule has 0 radical (unpaired) electrons. The van der Waals surface area contributed by atoms with E-state index in [1.165, 1.54) is 29.7 Å². The molecule has 128 valence electrons. The maximum Gasteiger partial charge on any atom is 0.145 e. The zero-order valence-electron chi connectivity index (χ0n) is 13.9. The quantitative estimate of drug-likeness (QED) is 0.572. The van der Waals surface area contributed by atoms with Gasteiger partial charge in [-0.1, -0.05) is 18.2 Å². The van der Waals surface area contributed by atoms with E-state index in [4.69, 9.17) is 0 Å². The normalized spacial score (nSPS) is 13.2. The second kappa shape index (κ2) is 5.84. The van der Waals surface area contributed by atoms with Crippen molar-refractivity contribution in [2.45, 2.75) is 6.42 Å². The van der Waals surface area contributed by atoms with Crippen LogP contribution in [0, 0.1) is 5.82 Å². The van der Waals surface area contributed by atoms with Crippen molar-refractivity contribution >= 4 is 33.9 Å². The van der Waals surface area contributed by atoms with Crippen molar-refractivity contribution in [2.24, 2.45) is 0 Å². The number of anilines is 4. The van der Waals surface area contributed by atoms with Gasteiger partial charge in [0.2, 0.25) is 0 Å². The Morgan fingerprint density at radius 3 is 2.73 bits per heavy atom. The Morgan fingerprint density at radius 2 is 1.85 bits per heavy atom. The minimum atomic E-state index is -0.264. The van der Waals surface area contributed by atoms with Gasteiger partial charge in [0.05, 0.1) is 11.1 Å². The molecule has 3 heterocycles. The van der Waals surface area contributed by atoms with E-state index in [0.29, 0.717) is 5.82 Å². The Kier molecular flexibility index (Phi) is 3.35. The average Bonchev–Trinajstić information content (AvgIpc) is 3.28. The maximum absolute atomic E-state index is 13.2. The molecule has 1 aliphatic heterocycles. The maximum atomic E-state index is 13.2. The highest BCUT2D eigenvalue weighted by Gasteiger charge is 2.24. The molecule has 5 rings (SSSR count). The lowest BCUT2D eigenvalue weighted by Crippen LogP contribution is -2.13. The molecule has 6 heteroatoms. The molecule has 0 atom stereocenters. The van der Waals surface area contributed by atoms with E-state index in [1.54, 1.807) is 12.1 Å². The van der Waals surface area contributed by atoms with Gasteiger partial charge in [-0.25, -0.2) is 14.4 Å². The van der Waals surface area contributed by atoms with Crippen LogP contribution in [0.4, 0.5) is 27.3 Å². The summed E-state index contributed by atoms with van der Waals surface area (Å²) in [7, 11) is 0. The van der Waals surface area contributed by atoms with Crippen molar-refractivity contribution in [1.29, 1.82) is 0 Å². The predicted octanol–water partition coefficient (Wildman–Crippen LogP) is 4.53. The predicted molar refractivity (Wildman–Crippen MR) is 101 cm³/mol. The van der Waals surface area contributed by atoms with Crippen molar-refractivity contribution in [3.8, 4) is 0 Å². The number of nitrogens with zero attached hydrogens (tertiary/aromatic N) is 3. The molecule has 0 amide bonds. The van der Waals surface area contributed by atoms with Crippen molar-refractivity contribution in [3.63, 3.8) is 0 Å². The third-order valence-electron chi connectivity index (χ3n) is 4.73. The molecule has 26 heavy (non-hydrogen) atoms. The van der Waals surface area contributed by atoms with Crippen LogP contribution in [-0.4, -0.2) is 21.5 Å². The molecule has 2 aromatic carbocycles. The van der Waals surface area contributed by atoms with E-state index in [9.17, 15) is 4.39 Å². The second-order valence-electron chi connectivity index (χ2n) is 6.28. The molecule has 0 spiro atoms. The van der Waals surface area contributed by atoms with Crippen molar-refractivity contribution in [3.05, 3.63) is 72.4 Å². The van der Waals surface area contributed by atoms with Gasteiger partial charge in [0, 0.05) is 24.1 Å². The van der Waals surface area contributed by atoms with Gasteiger partial charge in [0.15, 0.2) is 0 Å². The van der Waals surface area contributed by atoms with Gasteiger partial charge < -0.3 is 15.2 Å². The first-order valence-corrected chi connectivity index (χ1v) is 8.50. The molecule has 0 aliphatic carbocycles. The summed E-state index contributed by atoms with van der Waals surface area (Å²) in [6.07, 6.45) is 4.50. The van der Waals surface area contributed by atoms with Crippen molar-refractivity contribution in [1.82, 2.24) is 15.0 Å². The highest BCUT2D eigenvalue weighted by molar-refractivity contribution is 6.01. The summed E-state index contributed by atoms with van der Waals surface area (Å²) in [6, 6.07) is 14.7. The van der Waals surface area contributed by atoms with E-state index in [2.05, 4.69) is 49.4 Å². The molecule has 0 bridgehead atoms. The zero-order valence-corrected chi connectivity index (χ0v) is 13.9. The fourth-order valence-electron chi connectivity index (χ4n) is 3.51. The van der Waals surface area contributed by atoms with Gasteiger partial charge in [-0.3, -0.25) is 0 Å². The Hall–Kier alpha value is -3.41. The van der Waals surface area contributed by atoms with Gasteiger partial charge in [0.25, 0.3) is 0 Å². The minimum Gasteiger partial charge on any atom is -0.344 e. The van der Waals surface area contributed by atoms with Crippen LogP contribution in [0.25, 0.3) is 11.0 Å². The highest BCUT2D eigenvalue weighted by atomic mass is 19.1. The monoisotopic (exact) mass is 345 g/mol. The van der Waals surface area contributed by atoms with Crippen LogP contribution in [0.15, 0.2) is 61.1 Å². The van der Waals surface area contributed by atoms with E-state index >= 15 is 0 Å². The summed E-state index contributed by atoms with van der Waals surface area (Å²) in [5.41, 5.74) is 5.14. The van der Waals surface area contributed by atoms with Gasteiger partial charge in [-0.2, -0.15) is 0 Å². The summed E-state index contributed by atoms with van der Waals surface area (Å²) in [4.78, 5) is 14.3. The van der Waals surface area contributed by atoms with Crippen LogP contribution in [0.5, 0.6) is 0 Å². The topological polar surface area (TPSA) is 56.8 Å². The van der Waals surface area contributed by atoms with Crippen LogP contribution >= 0.6 is 0 Å². The summed E-state index contributed by atoms with van der Waals surface area (Å²) < 4.78 is 13.2. The van der Waals surface area contributed by atoms with Gasteiger partial charge in [0.1, 0.15) is 23.6 Å². The van der Waals surface area contributed by atoms with Crippen LogP contribution in [0.3, 0.4) is 0 Å². The summed E-state index contributed by atoms with van der Waals surface area (Å²) in [6.45, 7) is 0.914. The molecule has 0 saturated heterocycles. The minimum absolute atomic E-state index is 0.264. The average molecular weight is 345 g/mol. The number of H-pyrrole nitrogens is 1. The zero-order chi connectivity index (χ0) is 17.5. The van der Waals surface area contributed by atoms with Crippen molar-refractivity contribution in [2.75, 3.05) is 16.8 Å². The Balaban J connectivity index is 1.61. The Bertz CT molecular complexity index is 1090. The Labute approximate surface area is 149 Å². The second-order valence-corrected chi connectivity index (χ2v) is 6.28. The first kappa shape index (κ1) is 14.9. The molecule has 0 saturated carbocycles. The van der Waals surface area contributed by atoms with E-state index in [0.717, 1.165) is 35.4 Å². The molecule has 5 nitrogen and oxygen atoms in total. The molecule has 4 aromatic rings. The first-order valence-electron chi connectivity index (χ1n) is 8.50. The standard InChI is InChI=1S/C20H16FN5/c21-14-5-7-15(8-6-14)25-20-18-17(11-22-19(18)23-12-24-20)26-10-9-13-3-1-2-4-16(13)26/h1-8,11-12H,9-10H2,(H2,22,23,24,25). The number of hydrogen-bond acceptors (Lipinski definition) is 4. The van der Waals surface area contributed by atoms with Crippen molar-refractivity contribution < 1.29 is 4.39 Å².